The Balaban J connectivity index is 1.97. The molecule has 1 atom stereocenters. The number of halogens is 2. The highest BCUT2D eigenvalue weighted by molar-refractivity contribution is 6.35. The van der Waals surface area contributed by atoms with Crippen LogP contribution in [0.4, 0.5) is 0 Å². The van der Waals surface area contributed by atoms with Crippen molar-refractivity contribution in [2.45, 2.75) is 13.0 Å². The zero-order valence-electron chi connectivity index (χ0n) is 12.1. The van der Waals surface area contributed by atoms with E-state index in [0.29, 0.717) is 16.3 Å². The molecule has 2 N–H and O–H groups in total. The van der Waals surface area contributed by atoms with E-state index in [2.05, 4.69) is 10.1 Å². The molecule has 0 aliphatic rings. The number of hydrogen-bond acceptors (Lipinski definition) is 5. The predicted octanol–water partition coefficient (Wildman–Crippen LogP) is 3.02. The van der Waals surface area contributed by atoms with Crippen molar-refractivity contribution in [1.82, 2.24) is 4.98 Å². The number of amidine groups is 1. The van der Waals surface area contributed by atoms with Crippen LogP contribution in [0, 0.1) is 0 Å². The lowest BCUT2D eigenvalue weighted by Crippen LogP contribution is -2.26. The first-order valence-corrected chi connectivity index (χ1v) is 7.29. The van der Waals surface area contributed by atoms with Crippen LogP contribution in [-0.4, -0.2) is 22.9 Å². The molecule has 6 nitrogen and oxygen atoms in total. The number of carbonyl (C=O) groups excluding carboxylic acids is 1. The molecule has 0 saturated carbocycles. The molecule has 0 amide bonds. The molecule has 0 spiro atoms. The minimum Gasteiger partial charge on any atom is -0.477 e. The van der Waals surface area contributed by atoms with Crippen LogP contribution in [0.3, 0.4) is 0 Å². The van der Waals surface area contributed by atoms with Gasteiger partial charge in [0.2, 0.25) is 0 Å². The van der Waals surface area contributed by atoms with Gasteiger partial charge in [-0.25, -0.2) is 4.79 Å². The summed E-state index contributed by atoms with van der Waals surface area (Å²) in [5.41, 5.74) is 6.29. The number of oxime groups is 1. The van der Waals surface area contributed by atoms with Gasteiger partial charge in [-0.05, 0) is 37.3 Å². The average Bonchev–Trinajstić information content (AvgIpc) is 2.55. The van der Waals surface area contributed by atoms with E-state index >= 15 is 0 Å². The van der Waals surface area contributed by atoms with Crippen LogP contribution >= 0.6 is 23.2 Å². The van der Waals surface area contributed by atoms with Crippen molar-refractivity contribution in [2.75, 3.05) is 0 Å². The van der Waals surface area contributed by atoms with E-state index in [1.54, 1.807) is 36.7 Å². The highest BCUT2D eigenvalue weighted by atomic mass is 35.5. The SMILES string of the molecule is C[C@H](Oc1ccc(Cl)cc1Cl)C(=O)O/N=C(/N)c1ccncc1. The molecule has 0 radical (unpaired) electrons. The van der Waals surface area contributed by atoms with Crippen LogP contribution in [-0.2, 0) is 9.63 Å². The fourth-order valence-electron chi connectivity index (χ4n) is 1.55. The van der Waals surface area contributed by atoms with Crippen molar-refractivity contribution >= 4 is 35.0 Å². The number of benzene rings is 1. The molecule has 1 heterocycles. The first-order valence-electron chi connectivity index (χ1n) is 6.54. The number of nitrogens with two attached hydrogens (primary N) is 1. The molecule has 0 aliphatic heterocycles. The smallest absolute Gasteiger partial charge is 0.374 e. The van der Waals surface area contributed by atoms with Crippen molar-refractivity contribution in [1.29, 1.82) is 0 Å². The Morgan fingerprint density at radius 3 is 2.61 bits per heavy atom. The molecule has 23 heavy (non-hydrogen) atoms. The second kappa shape index (κ2) is 7.80. The van der Waals surface area contributed by atoms with Crippen molar-refractivity contribution in [3.63, 3.8) is 0 Å². The van der Waals surface area contributed by atoms with Crippen LogP contribution in [0.2, 0.25) is 10.0 Å². The third kappa shape index (κ3) is 4.84. The van der Waals surface area contributed by atoms with Crippen LogP contribution in [0.25, 0.3) is 0 Å². The maximum Gasteiger partial charge on any atom is 0.374 e. The van der Waals surface area contributed by atoms with E-state index in [0.717, 1.165) is 0 Å². The highest BCUT2D eigenvalue weighted by Gasteiger charge is 2.18. The van der Waals surface area contributed by atoms with Gasteiger partial charge < -0.3 is 15.3 Å². The van der Waals surface area contributed by atoms with E-state index in [1.807, 2.05) is 0 Å². The molecule has 0 unspecified atom stereocenters. The number of pyridine rings is 1. The minimum atomic E-state index is -0.928. The monoisotopic (exact) mass is 353 g/mol. The third-order valence-corrected chi connectivity index (χ3v) is 3.27. The second-order valence-corrected chi connectivity index (χ2v) is 5.30. The predicted molar refractivity (Wildman–Crippen MR) is 87.6 cm³/mol. The molecule has 0 aliphatic carbocycles. The Bertz CT molecular complexity index is 723. The first-order chi connectivity index (χ1) is 11.0. The van der Waals surface area contributed by atoms with E-state index in [1.165, 1.54) is 13.0 Å². The standard InChI is InChI=1S/C15H13Cl2N3O3/c1-9(22-13-3-2-11(16)8-12(13)17)15(21)23-20-14(18)10-4-6-19-7-5-10/h2-9H,1H3,(H2,18,20)/t9-/m0/s1. The Labute approximate surface area is 142 Å². The summed E-state index contributed by atoms with van der Waals surface area (Å²) in [4.78, 5) is 20.5. The zero-order valence-corrected chi connectivity index (χ0v) is 13.6. The molecule has 0 bridgehead atoms. The van der Waals surface area contributed by atoms with Gasteiger partial charge in [-0.15, -0.1) is 0 Å². The van der Waals surface area contributed by atoms with E-state index in [4.69, 9.17) is 38.5 Å². The number of aromatic nitrogens is 1. The molecule has 0 fully saturated rings. The van der Waals surface area contributed by atoms with E-state index < -0.39 is 12.1 Å². The van der Waals surface area contributed by atoms with Gasteiger partial charge in [0, 0.05) is 23.0 Å². The summed E-state index contributed by atoms with van der Waals surface area (Å²) in [5.74, 6) is -0.350. The maximum absolute atomic E-state index is 11.9. The number of hydrogen-bond donors (Lipinski definition) is 1. The first kappa shape index (κ1) is 17.1. The Morgan fingerprint density at radius 1 is 1.26 bits per heavy atom. The molecule has 1 aromatic heterocycles. The quantitative estimate of drug-likeness (QED) is 0.386. The normalized spacial score (nSPS) is 12.6. The molecule has 2 aromatic rings. The van der Waals surface area contributed by atoms with Gasteiger partial charge in [0.25, 0.3) is 0 Å². The summed E-state index contributed by atoms with van der Waals surface area (Å²) in [6.45, 7) is 1.51. The summed E-state index contributed by atoms with van der Waals surface area (Å²) in [7, 11) is 0. The number of ether oxygens (including phenoxy) is 1. The van der Waals surface area contributed by atoms with E-state index in [-0.39, 0.29) is 10.9 Å². The largest absolute Gasteiger partial charge is 0.477 e. The fourth-order valence-corrected chi connectivity index (χ4v) is 2.01. The lowest BCUT2D eigenvalue weighted by molar-refractivity contribution is -0.151. The van der Waals surface area contributed by atoms with Crippen molar-refractivity contribution in [3.8, 4) is 5.75 Å². The Hall–Kier alpha value is -2.31. The van der Waals surface area contributed by atoms with Gasteiger partial charge in [0.1, 0.15) is 5.75 Å². The van der Waals surface area contributed by atoms with Crippen LogP contribution in [0.15, 0.2) is 47.9 Å². The van der Waals surface area contributed by atoms with Crippen LogP contribution in [0.1, 0.15) is 12.5 Å². The fraction of sp³-hybridized carbons (Fsp3) is 0.133. The summed E-state index contributed by atoms with van der Waals surface area (Å²) in [6.07, 6.45) is 2.17. The van der Waals surface area contributed by atoms with Gasteiger partial charge in [-0.1, -0.05) is 28.4 Å². The number of carbonyl (C=O) groups is 1. The summed E-state index contributed by atoms with van der Waals surface area (Å²) < 4.78 is 5.41. The van der Waals surface area contributed by atoms with Gasteiger partial charge in [-0.2, -0.15) is 0 Å². The summed E-state index contributed by atoms with van der Waals surface area (Å²) in [5, 5.41) is 4.33. The molecule has 8 heteroatoms. The average molecular weight is 354 g/mol. The lowest BCUT2D eigenvalue weighted by Gasteiger charge is -2.13. The lowest BCUT2D eigenvalue weighted by atomic mass is 10.2. The summed E-state index contributed by atoms with van der Waals surface area (Å²) in [6, 6.07) is 7.94. The van der Waals surface area contributed by atoms with Gasteiger partial charge >= 0.3 is 5.97 Å². The van der Waals surface area contributed by atoms with Gasteiger partial charge in [0.05, 0.1) is 5.02 Å². The van der Waals surface area contributed by atoms with Crippen molar-refractivity contribution in [3.05, 3.63) is 58.3 Å². The van der Waals surface area contributed by atoms with E-state index in [9.17, 15) is 4.79 Å². The third-order valence-electron chi connectivity index (χ3n) is 2.74. The molecule has 120 valence electrons. The maximum atomic E-state index is 11.9. The Kier molecular flexibility index (Phi) is 5.78. The highest BCUT2D eigenvalue weighted by Crippen LogP contribution is 2.28. The summed E-state index contributed by atoms with van der Waals surface area (Å²) >= 11 is 11.8. The van der Waals surface area contributed by atoms with Crippen LogP contribution in [0.5, 0.6) is 5.75 Å². The number of nitrogens with zero attached hydrogens (tertiary/aromatic N) is 2. The molecule has 1 aromatic carbocycles. The van der Waals surface area contributed by atoms with Crippen molar-refractivity contribution in [2.24, 2.45) is 10.9 Å². The van der Waals surface area contributed by atoms with Gasteiger partial charge in [-0.3, -0.25) is 4.98 Å². The molecular formula is C15H13Cl2N3O3. The molecular weight excluding hydrogens is 341 g/mol. The topological polar surface area (TPSA) is 86.8 Å². The minimum absolute atomic E-state index is 0.0532. The van der Waals surface area contributed by atoms with Gasteiger partial charge in [0.15, 0.2) is 11.9 Å². The zero-order chi connectivity index (χ0) is 16.8. The van der Waals surface area contributed by atoms with Crippen molar-refractivity contribution < 1.29 is 14.4 Å². The number of rotatable bonds is 5. The molecule has 0 saturated heterocycles. The van der Waals surface area contributed by atoms with Crippen LogP contribution < -0.4 is 10.5 Å². The molecule has 2 rings (SSSR count). The second-order valence-electron chi connectivity index (χ2n) is 4.46. The Morgan fingerprint density at radius 2 is 1.96 bits per heavy atom.